The number of ether oxygens (including phenoxy) is 1. The lowest BCUT2D eigenvalue weighted by atomic mass is 10.0. The molecule has 0 amide bonds. The van der Waals surface area contributed by atoms with Crippen molar-refractivity contribution in [2.45, 2.75) is 33.4 Å². The van der Waals surface area contributed by atoms with E-state index in [0.717, 1.165) is 49.5 Å². The first-order valence-corrected chi connectivity index (χ1v) is 10.6. The van der Waals surface area contributed by atoms with Crippen LogP contribution in [0.2, 0.25) is 0 Å². The van der Waals surface area contributed by atoms with Crippen LogP contribution in [0.5, 0.6) is 0 Å². The number of benzene rings is 1. The number of hydrogen-bond acceptors (Lipinski definition) is 5. The van der Waals surface area contributed by atoms with Gasteiger partial charge in [0.1, 0.15) is 5.01 Å². The molecule has 2 aromatic rings. The highest BCUT2D eigenvalue weighted by atomic mass is 32.1. The third kappa shape index (κ3) is 5.53. The molecule has 0 saturated carbocycles. The van der Waals surface area contributed by atoms with Crippen LogP contribution >= 0.6 is 11.3 Å². The Bertz CT molecular complexity index is 778. The number of aromatic nitrogens is 1. The Kier molecular flexibility index (Phi) is 7.42. The zero-order valence-electron chi connectivity index (χ0n) is 17.3. The highest BCUT2D eigenvalue weighted by Crippen LogP contribution is 2.22. The number of hydrogen-bond donors (Lipinski definition) is 2. The Morgan fingerprint density at radius 2 is 2.04 bits per heavy atom. The van der Waals surface area contributed by atoms with E-state index in [2.05, 4.69) is 70.5 Å². The summed E-state index contributed by atoms with van der Waals surface area (Å²) in [4.78, 5) is 12.7. The van der Waals surface area contributed by atoms with Gasteiger partial charge in [-0.25, -0.2) is 4.98 Å². The molecule has 0 bridgehead atoms. The molecule has 1 unspecified atom stereocenters. The first-order valence-electron chi connectivity index (χ1n) is 9.82. The summed E-state index contributed by atoms with van der Waals surface area (Å²) in [5.74, 6) is 0.802. The summed E-state index contributed by atoms with van der Waals surface area (Å²) in [5.41, 5.74) is 3.72. The monoisotopic (exact) mass is 401 g/mol. The average Bonchev–Trinajstić information content (AvgIpc) is 3.03. The minimum atomic E-state index is 0.284. The Morgan fingerprint density at radius 3 is 2.68 bits per heavy atom. The minimum Gasteiger partial charge on any atom is -0.379 e. The van der Waals surface area contributed by atoms with E-state index in [0.29, 0.717) is 6.54 Å². The van der Waals surface area contributed by atoms with Crippen molar-refractivity contribution in [3.05, 3.63) is 51.0 Å². The van der Waals surface area contributed by atoms with Gasteiger partial charge in [0.25, 0.3) is 0 Å². The third-order valence-corrected chi connectivity index (χ3v) is 6.15. The van der Waals surface area contributed by atoms with Crippen molar-refractivity contribution < 1.29 is 4.74 Å². The zero-order valence-corrected chi connectivity index (χ0v) is 18.1. The van der Waals surface area contributed by atoms with Gasteiger partial charge in [-0.05, 0) is 26.3 Å². The zero-order chi connectivity index (χ0) is 19.9. The lowest BCUT2D eigenvalue weighted by Crippen LogP contribution is -2.46. The SMILES string of the molecule is CN=C(NCc1nc(C)c(C)s1)NCC(c1cccc(C)c1)N1CCOCC1. The van der Waals surface area contributed by atoms with Crippen LogP contribution in [-0.4, -0.2) is 55.7 Å². The quantitative estimate of drug-likeness (QED) is 0.576. The summed E-state index contributed by atoms with van der Waals surface area (Å²) < 4.78 is 5.55. The van der Waals surface area contributed by atoms with Crippen molar-refractivity contribution in [1.29, 1.82) is 0 Å². The van der Waals surface area contributed by atoms with E-state index in [1.807, 2.05) is 7.05 Å². The molecule has 2 N–H and O–H groups in total. The fraction of sp³-hybridized carbons (Fsp3) is 0.524. The van der Waals surface area contributed by atoms with Crippen LogP contribution in [0.1, 0.15) is 32.7 Å². The lowest BCUT2D eigenvalue weighted by Gasteiger charge is -2.35. The largest absolute Gasteiger partial charge is 0.379 e. The van der Waals surface area contributed by atoms with Crippen LogP contribution < -0.4 is 10.6 Å². The van der Waals surface area contributed by atoms with Gasteiger partial charge in [0.2, 0.25) is 0 Å². The molecule has 6 nitrogen and oxygen atoms in total. The van der Waals surface area contributed by atoms with E-state index in [4.69, 9.17) is 4.74 Å². The molecule has 7 heteroatoms. The number of nitrogens with one attached hydrogen (secondary N) is 2. The minimum absolute atomic E-state index is 0.284. The van der Waals surface area contributed by atoms with Crippen molar-refractivity contribution in [3.8, 4) is 0 Å². The Morgan fingerprint density at radius 1 is 1.25 bits per heavy atom. The average molecular weight is 402 g/mol. The smallest absolute Gasteiger partial charge is 0.191 e. The van der Waals surface area contributed by atoms with Gasteiger partial charge in [-0.1, -0.05) is 29.8 Å². The van der Waals surface area contributed by atoms with Crippen molar-refractivity contribution in [2.75, 3.05) is 39.9 Å². The molecular formula is C21H31N5OS. The molecule has 1 fully saturated rings. The fourth-order valence-corrected chi connectivity index (χ4v) is 4.29. The molecule has 1 aliphatic rings. The third-order valence-electron chi connectivity index (χ3n) is 5.08. The Labute approximate surface area is 172 Å². The molecule has 3 rings (SSSR count). The maximum Gasteiger partial charge on any atom is 0.191 e. The number of aliphatic imine (C=N–C) groups is 1. The van der Waals surface area contributed by atoms with Gasteiger partial charge in [-0.3, -0.25) is 9.89 Å². The second-order valence-electron chi connectivity index (χ2n) is 7.13. The van der Waals surface area contributed by atoms with Crippen LogP contribution in [-0.2, 0) is 11.3 Å². The molecule has 0 radical (unpaired) electrons. The summed E-state index contributed by atoms with van der Waals surface area (Å²) >= 11 is 1.73. The van der Waals surface area contributed by atoms with Crippen molar-refractivity contribution in [2.24, 2.45) is 4.99 Å². The second kappa shape index (κ2) is 10.0. The second-order valence-corrected chi connectivity index (χ2v) is 8.42. The van der Waals surface area contributed by atoms with Crippen LogP contribution in [0.25, 0.3) is 0 Å². The maximum absolute atomic E-state index is 5.55. The van der Waals surface area contributed by atoms with E-state index in [1.54, 1.807) is 11.3 Å². The van der Waals surface area contributed by atoms with Gasteiger partial charge < -0.3 is 15.4 Å². The van der Waals surface area contributed by atoms with Gasteiger partial charge >= 0.3 is 0 Å². The summed E-state index contributed by atoms with van der Waals surface area (Å²) in [6.45, 7) is 11.3. The molecule has 28 heavy (non-hydrogen) atoms. The number of nitrogens with zero attached hydrogens (tertiary/aromatic N) is 3. The van der Waals surface area contributed by atoms with Gasteiger partial charge in [-0.15, -0.1) is 11.3 Å². The molecular weight excluding hydrogens is 370 g/mol. The molecule has 1 atom stereocenters. The Hall–Kier alpha value is -1.96. The van der Waals surface area contributed by atoms with E-state index < -0.39 is 0 Å². The number of rotatable bonds is 6. The van der Waals surface area contributed by atoms with Crippen LogP contribution in [0.15, 0.2) is 29.3 Å². The van der Waals surface area contributed by atoms with Crippen LogP contribution in [0, 0.1) is 20.8 Å². The highest BCUT2D eigenvalue weighted by Gasteiger charge is 2.23. The number of thiazole rings is 1. The van der Waals surface area contributed by atoms with E-state index in [9.17, 15) is 0 Å². The first-order chi connectivity index (χ1) is 13.6. The summed E-state index contributed by atoms with van der Waals surface area (Å²) in [5, 5.41) is 7.99. The van der Waals surface area contributed by atoms with Gasteiger partial charge in [0.05, 0.1) is 31.5 Å². The predicted molar refractivity (Wildman–Crippen MR) is 116 cm³/mol. The Balaban J connectivity index is 1.64. The molecule has 1 aromatic carbocycles. The van der Waals surface area contributed by atoms with Gasteiger partial charge in [0, 0.05) is 31.6 Å². The van der Waals surface area contributed by atoms with Crippen molar-refractivity contribution >= 4 is 17.3 Å². The first kappa shape index (κ1) is 20.8. The maximum atomic E-state index is 5.55. The van der Waals surface area contributed by atoms with Crippen molar-refractivity contribution in [1.82, 2.24) is 20.5 Å². The molecule has 0 spiro atoms. The molecule has 1 aliphatic heterocycles. The van der Waals surface area contributed by atoms with Gasteiger partial charge in [0.15, 0.2) is 5.96 Å². The van der Waals surface area contributed by atoms with E-state index >= 15 is 0 Å². The summed E-state index contributed by atoms with van der Waals surface area (Å²) in [6.07, 6.45) is 0. The standard InChI is InChI=1S/C21H31N5OS/c1-15-6-5-7-18(12-15)19(26-8-10-27-11-9-26)13-23-21(22-4)24-14-20-25-16(2)17(3)28-20/h5-7,12,19H,8-11,13-14H2,1-4H3,(H2,22,23,24). The van der Waals surface area contributed by atoms with Gasteiger partial charge in [-0.2, -0.15) is 0 Å². The molecule has 2 heterocycles. The molecule has 152 valence electrons. The molecule has 1 aromatic heterocycles. The molecule has 0 aliphatic carbocycles. The number of morpholine rings is 1. The normalized spacial score (nSPS) is 16.8. The van der Waals surface area contributed by atoms with Crippen LogP contribution in [0.3, 0.4) is 0 Å². The van der Waals surface area contributed by atoms with Crippen molar-refractivity contribution in [3.63, 3.8) is 0 Å². The van der Waals surface area contributed by atoms with E-state index in [-0.39, 0.29) is 6.04 Å². The lowest BCUT2D eigenvalue weighted by molar-refractivity contribution is 0.0170. The topological polar surface area (TPSA) is 61.8 Å². The molecule has 1 saturated heterocycles. The highest BCUT2D eigenvalue weighted by molar-refractivity contribution is 7.11. The van der Waals surface area contributed by atoms with Crippen LogP contribution in [0.4, 0.5) is 0 Å². The summed E-state index contributed by atoms with van der Waals surface area (Å²) in [6, 6.07) is 9.06. The fourth-order valence-electron chi connectivity index (χ4n) is 3.41. The predicted octanol–water partition coefficient (Wildman–Crippen LogP) is 2.81. The number of guanidine groups is 1. The van der Waals surface area contributed by atoms with E-state index in [1.165, 1.54) is 16.0 Å². The number of aryl methyl sites for hydroxylation is 3. The summed E-state index contributed by atoms with van der Waals surface area (Å²) in [7, 11) is 1.81.